The maximum absolute atomic E-state index is 12.5. The number of nitriles is 1. The third-order valence-electron chi connectivity index (χ3n) is 7.55. The van der Waals surface area contributed by atoms with E-state index in [1.165, 1.54) is 0 Å². The van der Waals surface area contributed by atoms with Gasteiger partial charge in [-0.1, -0.05) is 0 Å². The third-order valence-corrected chi connectivity index (χ3v) is 7.55. The molecule has 0 saturated carbocycles. The highest BCUT2D eigenvalue weighted by molar-refractivity contribution is 6.06. The van der Waals surface area contributed by atoms with Gasteiger partial charge < -0.3 is 24.8 Å². The number of hydrogen-bond acceptors (Lipinski definition) is 8. The molecule has 1 aromatic carbocycles. The van der Waals surface area contributed by atoms with Crippen LogP contribution in [0.5, 0.6) is 11.6 Å². The van der Waals surface area contributed by atoms with E-state index in [4.69, 9.17) is 30.2 Å². The number of nitrogens with zero attached hydrogens (tertiary/aromatic N) is 5. The zero-order chi connectivity index (χ0) is 28.9. The van der Waals surface area contributed by atoms with E-state index < -0.39 is 5.91 Å². The van der Waals surface area contributed by atoms with E-state index in [1.807, 2.05) is 30.8 Å². The second kappa shape index (κ2) is 12.6. The van der Waals surface area contributed by atoms with Gasteiger partial charge in [-0.05, 0) is 63.0 Å². The lowest BCUT2D eigenvalue weighted by Crippen LogP contribution is -2.44. The third kappa shape index (κ3) is 6.60. The summed E-state index contributed by atoms with van der Waals surface area (Å²) in [6.45, 7) is 7.08. The topological polar surface area (TPSA) is 146 Å². The Labute approximate surface area is 239 Å². The number of carbonyl (C=O) groups excluding carboxylic acids is 2. The summed E-state index contributed by atoms with van der Waals surface area (Å²) >= 11 is 0. The maximum Gasteiger partial charge on any atom is 0.252 e. The van der Waals surface area contributed by atoms with E-state index in [-0.39, 0.29) is 30.1 Å². The smallest absolute Gasteiger partial charge is 0.252 e. The SMILES string of the molecule is CC(C)Oc1cc2c(OC3CCCN(C(=O)CC#N)C3)ncc(-c3cnn(CC4CCOCC4)c3)c2cc1C(N)=O. The Hall–Kier alpha value is -4.17. The molecule has 0 bridgehead atoms. The van der Waals surface area contributed by atoms with Gasteiger partial charge in [0.15, 0.2) is 0 Å². The number of nitrogens with two attached hydrogens (primary N) is 1. The second-order valence-corrected chi connectivity index (χ2v) is 11.0. The van der Waals surface area contributed by atoms with Crippen molar-refractivity contribution < 1.29 is 23.8 Å². The van der Waals surface area contributed by atoms with Gasteiger partial charge in [0.05, 0.1) is 30.5 Å². The molecule has 216 valence electrons. The molecule has 2 aliphatic rings. The van der Waals surface area contributed by atoms with E-state index in [9.17, 15) is 9.59 Å². The quantitative estimate of drug-likeness (QED) is 0.417. The standard InChI is InChI=1S/C30H36N6O5/c1-19(2)40-27-13-24-23(12-25(27)29(32)38)26(21-14-34-36(17-21)16-20-6-10-39-11-7-20)15-33-30(24)41-22-4-3-9-35(18-22)28(37)5-8-31/h12-15,17,19-20,22H,3-7,9-11,16,18H2,1-2H3,(H2,32,38). The van der Waals surface area contributed by atoms with Crippen molar-refractivity contribution >= 4 is 22.6 Å². The van der Waals surface area contributed by atoms with Gasteiger partial charge in [0.1, 0.15) is 18.3 Å². The number of likely N-dealkylation sites (tertiary alicyclic amines) is 1. The lowest BCUT2D eigenvalue weighted by Gasteiger charge is -2.32. The number of ether oxygens (including phenoxy) is 3. The van der Waals surface area contributed by atoms with Crippen LogP contribution in [0.15, 0.2) is 30.7 Å². The fraction of sp³-hybridized carbons (Fsp3) is 0.500. The van der Waals surface area contributed by atoms with E-state index in [1.54, 1.807) is 29.4 Å². The monoisotopic (exact) mass is 560 g/mol. The highest BCUT2D eigenvalue weighted by Gasteiger charge is 2.27. The Morgan fingerprint density at radius 2 is 2.00 bits per heavy atom. The second-order valence-electron chi connectivity index (χ2n) is 11.0. The molecule has 11 heteroatoms. The number of pyridine rings is 1. The fourth-order valence-corrected chi connectivity index (χ4v) is 5.50. The van der Waals surface area contributed by atoms with E-state index in [0.717, 1.165) is 62.0 Å². The molecule has 2 amide bonds. The summed E-state index contributed by atoms with van der Waals surface area (Å²) < 4.78 is 19.8. The number of fused-ring (bicyclic) bond motifs is 1. The average molecular weight is 561 g/mol. The van der Waals surface area contributed by atoms with Gasteiger partial charge in [0.25, 0.3) is 5.91 Å². The van der Waals surface area contributed by atoms with Gasteiger partial charge in [-0.2, -0.15) is 10.4 Å². The van der Waals surface area contributed by atoms with E-state index in [0.29, 0.717) is 36.0 Å². The minimum absolute atomic E-state index is 0.156. The molecule has 2 N–H and O–H groups in total. The molecule has 1 unspecified atom stereocenters. The largest absolute Gasteiger partial charge is 0.490 e. The first kappa shape index (κ1) is 28.4. The molecule has 4 heterocycles. The minimum atomic E-state index is -0.595. The van der Waals surface area contributed by atoms with Crippen molar-refractivity contribution in [1.82, 2.24) is 19.7 Å². The summed E-state index contributed by atoms with van der Waals surface area (Å²) in [4.78, 5) is 31.2. The number of piperidine rings is 1. The number of hydrogen-bond donors (Lipinski definition) is 1. The van der Waals surface area contributed by atoms with Gasteiger partial charge >= 0.3 is 0 Å². The molecule has 1 atom stereocenters. The zero-order valence-electron chi connectivity index (χ0n) is 23.5. The number of rotatable bonds is 9. The van der Waals surface area contributed by atoms with Gasteiger partial charge in [-0.25, -0.2) is 4.98 Å². The number of amides is 2. The Morgan fingerprint density at radius 3 is 2.73 bits per heavy atom. The molecular weight excluding hydrogens is 524 g/mol. The average Bonchev–Trinajstić information content (AvgIpc) is 3.41. The Kier molecular flexibility index (Phi) is 8.69. The molecule has 0 radical (unpaired) electrons. The molecule has 0 aliphatic carbocycles. The molecule has 2 saturated heterocycles. The van der Waals surface area contributed by atoms with Crippen LogP contribution < -0.4 is 15.2 Å². The van der Waals surface area contributed by atoms with Crippen molar-refractivity contribution in [3.63, 3.8) is 0 Å². The molecule has 2 aromatic heterocycles. The highest BCUT2D eigenvalue weighted by atomic mass is 16.5. The van der Waals surface area contributed by atoms with Crippen molar-refractivity contribution in [3.05, 3.63) is 36.3 Å². The van der Waals surface area contributed by atoms with Crippen LogP contribution in [0.25, 0.3) is 21.9 Å². The Morgan fingerprint density at radius 1 is 1.20 bits per heavy atom. The van der Waals surface area contributed by atoms with Crippen LogP contribution in [0.3, 0.4) is 0 Å². The summed E-state index contributed by atoms with van der Waals surface area (Å²) in [5.41, 5.74) is 7.70. The van der Waals surface area contributed by atoms with Gasteiger partial charge in [0.2, 0.25) is 11.8 Å². The van der Waals surface area contributed by atoms with Crippen molar-refractivity contribution in [2.45, 2.75) is 64.7 Å². The number of primary amides is 1. The lowest BCUT2D eigenvalue weighted by molar-refractivity contribution is -0.132. The summed E-state index contributed by atoms with van der Waals surface area (Å²) in [5.74, 6) is 0.442. The van der Waals surface area contributed by atoms with Crippen LogP contribution >= 0.6 is 0 Å². The van der Waals surface area contributed by atoms with E-state index in [2.05, 4.69) is 5.10 Å². The molecule has 2 aliphatic heterocycles. The summed E-state index contributed by atoms with van der Waals surface area (Å²) in [6.07, 6.45) is 8.41. The van der Waals surface area contributed by atoms with Crippen LogP contribution in [0.2, 0.25) is 0 Å². The lowest BCUT2D eigenvalue weighted by atomic mass is 9.99. The fourth-order valence-electron chi connectivity index (χ4n) is 5.50. The first-order valence-corrected chi connectivity index (χ1v) is 14.2. The first-order chi connectivity index (χ1) is 19.8. The van der Waals surface area contributed by atoms with Gasteiger partial charge in [-0.15, -0.1) is 0 Å². The molecular formula is C30H36N6O5. The van der Waals surface area contributed by atoms with Crippen LogP contribution in [-0.4, -0.2) is 70.0 Å². The van der Waals surface area contributed by atoms with Crippen LogP contribution in [0.4, 0.5) is 0 Å². The van der Waals surface area contributed by atoms with Crippen LogP contribution in [0, 0.1) is 17.2 Å². The molecule has 2 fully saturated rings. The van der Waals surface area contributed by atoms with Gasteiger partial charge in [0, 0.05) is 55.2 Å². The van der Waals surface area contributed by atoms with Crippen molar-refractivity contribution in [1.29, 1.82) is 5.26 Å². The molecule has 5 rings (SSSR count). The van der Waals surface area contributed by atoms with Crippen LogP contribution in [0.1, 0.15) is 56.3 Å². The summed E-state index contributed by atoms with van der Waals surface area (Å²) in [6, 6.07) is 5.42. The number of carbonyl (C=O) groups is 2. The minimum Gasteiger partial charge on any atom is -0.490 e. The number of benzene rings is 1. The zero-order valence-corrected chi connectivity index (χ0v) is 23.5. The number of aromatic nitrogens is 3. The molecule has 0 spiro atoms. The van der Waals surface area contributed by atoms with Crippen molar-refractivity contribution in [2.24, 2.45) is 11.7 Å². The molecule has 11 nitrogen and oxygen atoms in total. The molecule has 41 heavy (non-hydrogen) atoms. The first-order valence-electron chi connectivity index (χ1n) is 14.2. The van der Waals surface area contributed by atoms with Crippen LogP contribution in [-0.2, 0) is 16.1 Å². The van der Waals surface area contributed by atoms with Gasteiger partial charge in [-0.3, -0.25) is 14.3 Å². The van der Waals surface area contributed by atoms with E-state index >= 15 is 0 Å². The Balaban J connectivity index is 1.52. The van der Waals surface area contributed by atoms with Crippen molar-refractivity contribution in [2.75, 3.05) is 26.3 Å². The predicted molar refractivity (Wildman–Crippen MR) is 151 cm³/mol. The summed E-state index contributed by atoms with van der Waals surface area (Å²) in [7, 11) is 0. The normalized spacial score (nSPS) is 17.9. The molecule has 3 aromatic rings. The Bertz CT molecular complexity index is 1460. The van der Waals surface area contributed by atoms with Crippen molar-refractivity contribution in [3.8, 4) is 28.8 Å². The highest BCUT2D eigenvalue weighted by Crippen LogP contribution is 2.38. The predicted octanol–water partition coefficient (Wildman–Crippen LogP) is 3.69. The summed E-state index contributed by atoms with van der Waals surface area (Å²) in [5, 5.41) is 15.0. The maximum atomic E-state index is 12.5.